The summed E-state index contributed by atoms with van der Waals surface area (Å²) in [6.45, 7) is 8.60. The molecule has 1 N–H and O–H groups in total. The molecule has 1 fully saturated rings. The largest absolute Gasteiger partial charge is 0.481 e. The molecule has 0 unspecified atom stereocenters. The van der Waals surface area contributed by atoms with Gasteiger partial charge in [0.15, 0.2) is 0 Å². The summed E-state index contributed by atoms with van der Waals surface area (Å²) < 4.78 is 12.0. The Bertz CT molecular complexity index is 694. The van der Waals surface area contributed by atoms with Crippen molar-refractivity contribution in [2.45, 2.75) is 77.2 Å². The van der Waals surface area contributed by atoms with Crippen molar-refractivity contribution in [1.82, 2.24) is 9.80 Å². The third kappa shape index (κ3) is 8.50. The van der Waals surface area contributed by atoms with Crippen molar-refractivity contribution >= 4 is 12.1 Å². The predicted molar refractivity (Wildman–Crippen MR) is 120 cm³/mol. The lowest BCUT2D eigenvalue weighted by atomic mass is 9.98. The lowest BCUT2D eigenvalue weighted by molar-refractivity contribution is -0.175. The Morgan fingerprint density at radius 2 is 1.74 bits per heavy atom. The first-order valence-corrected chi connectivity index (χ1v) is 11.2. The Hall–Kier alpha value is -2.12. The molecular formula is C24H38N2O5. The highest BCUT2D eigenvalue weighted by molar-refractivity contribution is 5.68. The molecule has 1 aliphatic rings. The number of likely N-dealkylation sites (tertiary alicyclic amines) is 1. The number of benzene rings is 1. The van der Waals surface area contributed by atoms with E-state index in [1.807, 2.05) is 51.1 Å². The first-order chi connectivity index (χ1) is 14.6. The number of amides is 1. The Labute approximate surface area is 186 Å². The second kappa shape index (κ2) is 11.5. The van der Waals surface area contributed by atoms with Crippen LogP contribution in [0.5, 0.6) is 0 Å². The summed E-state index contributed by atoms with van der Waals surface area (Å²) in [6.07, 6.45) is 3.87. The number of unbranched alkanes of at least 4 members (excludes halogenated alkanes) is 2. The second-order valence-electron chi connectivity index (χ2n) is 9.31. The SMILES string of the molecule is CN(C(=O)OC(C)(C)C)C1(OCc2ccccc2)CCN(CCCCCC(=O)O)CC1. The fraction of sp³-hybridized carbons (Fsp3) is 0.667. The van der Waals surface area contributed by atoms with Gasteiger partial charge in [-0.3, -0.25) is 9.69 Å². The van der Waals surface area contributed by atoms with E-state index in [1.165, 1.54) is 0 Å². The van der Waals surface area contributed by atoms with Crippen LogP contribution in [0.25, 0.3) is 0 Å². The summed E-state index contributed by atoms with van der Waals surface area (Å²) in [5, 5.41) is 8.75. The van der Waals surface area contributed by atoms with Gasteiger partial charge in [0.1, 0.15) is 11.3 Å². The number of nitrogens with zero attached hydrogens (tertiary/aromatic N) is 2. The van der Waals surface area contributed by atoms with Gasteiger partial charge in [0, 0.05) is 39.4 Å². The Morgan fingerprint density at radius 1 is 1.10 bits per heavy atom. The van der Waals surface area contributed by atoms with Crippen LogP contribution in [0.1, 0.15) is 64.9 Å². The maximum Gasteiger partial charge on any atom is 0.412 e. The summed E-state index contributed by atoms with van der Waals surface area (Å²) in [5.41, 5.74) is -0.207. The highest BCUT2D eigenvalue weighted by atomic mass is 16.6. The number of piperidine rings is 1. The van der Waals surface area contributed by atoms with Gasteiger partial charge in [-0.2, -0.15) is 0 Å². The molecule has 0 spiro atoms. The average molecular weight is 435 g/mol. The molecule has 0 atom stereocenters. The summed E-state index contributed by atoms with van der Waals surface area (Å²) >= 11 is 0. The molecule has 7 heteroatoms. The first kappa shape index (κ1) is 25.1. The lowest BCUT2D eigenvalue weighted by Crippen LogP contribution is -2.58. The van der Waals surface area contributed by atoms with Gasteiger partial charge in [0.25, 0.3) is 0 Å². The van der Waals surface area contributed by atoms with E-state index in [1.54, 1.807) is 11.9 Å². The van der Waals surface area contributed by atoms with E-state index >= 15 is 0 Å². The van der Waals surface area contributed by atoms with Gasteiger partial charge in [-0.05, 0) is 45.7 Å². The lowest BCUT2D eigenvalue weighted by Gasteiger charge is -2.46. The number of aliphatic carboxylic acids is 1. The Morgan fingerprint density at radius 3 is 2.32 bits per heavy atom. The molecule has 1 aromatic rings. The molecule has 1 heterocycles. The number of carbonyl (C=O) groups excluding carboxylic acids is 1. The standard InChI is InChI=1S/C24H38N2O5/c1-23(2,3)31-22(29)25(4)24(30-19-20-11-7-5-8-12-20)14-17-26(18-15-24)16-10-6-9-13-21(27)28/h5,7-8,11-12H,6,9-10,13-19H2,1-4H3,(H,27,28). The molecule has 1 aliphatic heterocycles. The molecule has 174 valence electrons. The molecular weight excluding hydrogens is 396 g/mol. The molecule has 0 aromatic heterocycles. The van der Waals surface area contributed by atoms with Crippen LogP contribution in [0, 0.1) is 0 Å². The monoisotopic (exact) mass is 434 g/mol. The van der Waals surface area contributed by atoms with Gasteiger partial charge < -0.3 is 19.5 Å². The fourth-order valence-electron chi connectivity index (χ4n) is 3.78. The van der Waals surface area contributed by atoms with Crippen LogP contribution in [0.2, 0.25) is 0 Å². The van der Waals surface area contributed by atoms with Crippen molar-refractivity contribution in [2.75, 3.05) is 26.7 Å². The van der Waals surface area contributed by atoms with Crippen molar-refractivity contribution in [1.29, 1.82) is 0 Å². The minimum Gasteiger partial charge on any atom is -0.481 e. The zero-order chi connectivity index (χ0) is 22.9. The Kier molecular flexibility index (Phi) is 9.32. The van der Waals surface area contributed by atoms with Crippen LogP contribution >= 0.6 is 0 Å². The summed E-state index contributed by atoms with van der Waals surface area (Å²) in [6, 6.07) is 9.98. The maximum absolute atomic E-state index is 12.8. The van der Waals surface area contributed by atoms with Gasteiger partial charge >= 0.3 is 12.1 Å². The van der Waals surface area contributed by atoms with E-state index in [2.05, 4.69) is 4.90 Å². The average Bonchev–Trinajstić information content (AvgIpc) is 2.72. The van der Waals surface area contributed by atoms with Crippen molar-refractivity contribution in [3.05, 3.63) is 35.9 Å². The van der Waals surface area contributed by atoms with Crippen molar-refractivity contribution in [2.24, 2.45) is 0 Å². The summed E-state index contributed by atoms with van der Waals surface area (Å²) in [5.74, 6) is -0.733. The van der Waals surface area contributed by atoms with Gasteiger partial charge in [-0.15, -0.1) is 0 Å². The number of rotatable bonds is 10. The molecule has 0 aliphatic carbocycles. The first-order valence-electron chi connectivity index (χ1n) is 11.2. The summed E-state index contributed by atoms with van der Waals surface area (Å²) in [4.78, 5) is 27.5. The van der Waals surface area contributed by atoms with Crippen molar-refractivity contribution in [3.8, 4) is 0 Å². The molecule has 31 heavy (non-hydrogen) atoms. The normalized spacial score (nSPS) is 16.6. The van der Waals surface area contributed by atoms with Crippen LogP contribution < -0.4 is 0 Å². The van der Waals surface area contributed by atoms with E-state index in [4.69, 9.17) is 14.6 Å². The van der Waals surface area contributed by atoms with Gasteiger partial charge in [-0.1, -0.05) is 36.8 Å². The third-order valence-electron chi connectivity index (χ3n) is 5.63. The second-order valence-corrected chi connectivity index (χ2v) is 9.31. The van der Waals surface area contributed by atoms with E-state index < -0.39 is 17.3 Å². The van der Waals surface area contributed by atoms with Gasteiger partial charge in [0.2, 0.25) is 0 Å². The zero-order valence-corrected chi connectivity index (χ0v) is 19.4. The molecule has 0 radical (unpaired) electrons. The van der Waals surface area contributed by atoms with Crippen LogP contribution in [0.15, 0.2) is 30.3 Å². The number of hydrogen-bond acceptors (Lipinski definition) is 5. The van der Waals surface area contributed by atoms with Gasteiger partial charge in [-0.25, -0.2) is 4.79 Å². The number of carbonyl (C=O) groups is 2. The quantitative estimate of drug-likeness (QED) is 0.431. The van der Waals surface area contributed by atoms with Crippen LogP contribution in [0.3, 0.4) is 0 Å². The number of carboxylic acid groups (broad SMARTS) is 1. The van der Waals surface area contributed by atoms with Crippen LogP contribution in [-0.4, -0.2) is 65.0 Å². The third-order valence-corrected chi connectivity index (χ3v) is 5.63. The highest BCUT2D eigenvalue weighted by Crippen LogP contribution is 2.32. The highest BCUT2D eigenvalue weighted by Gasteiger charge is 2.43. The van der Waals surface area contributed by atoms with Crippen molar-refractivity contribution in [3.63, 3.8) is 0 Å². The fourth-order valence-corrected chi connectivity index (χ4v) is 3.78. The number of carboxylic acids is 1. The van der Waals surface area contributed by atoms with E-state index in [0.29, 0.717) is 25.9 Å². The molecule has 0 saturated carbocycles. The van der Waals surface area contributed by atoms with Crippen molar-refractivity contribution < 1.29 is 24.2 Å². The molecule has 0 bridgehead atoms. The molecule has 1 amide bonds. The predicted octanol–water partition coefficient (Wildman–Crippen LogP) is 4.51. The van der Waals surface area contributed by atoms with Gasteiger partial charge in [0.05, 0.1) is 6.61 Å². The number of hydrogen-bond donors (Lipinski definition) is 1. The molecule has 2 rings (SSSR count). The Balaban J connectivity index is 1.97. The van der Waals surface area contributed by atoms with Crippen LogP contribution in [-0.2, 0) is 20.9 Å². The smallest absolute Gasteiger partial charge is 0.412 e. The van der Waals surface area contributed by atoms with E-state index in [9.17, 15) is 9.59 Å². The minimum atomic E-state index is -0.733. The zero-order valence-electron chi connectivity index (χ0n) is 19.4. The minimum absolute atomic E-state index is 0.233. The molecule has 1 aromatic carbocycles. The maximum atomic E-state index is 12.8. The molecule has 7 nitrogen and oxygen atoms in total. The van der Waals surface area contributed by atoms with Crippen LogP contribution in [0.4, 0.5) is 4.79 Å². The topological polar surface area (TPSA) is 79.3 Å². The molecule has 1 saturated heterocycles. The summed E-state index contributed by atoms with van der Waals surface area (Å²) in [7, 11) is 1.76. The van der Waals surface area contributed by atoms with E-state index in [0.717, 1.165) is 38.0 Å². The van der Waals surface area contributed by atoms with E-state index in [-0.39, 0.29) is 12.5 Å². The number of ether oxygens (including phenoxy) is 2.